The number of aromatic nitrogens is 1. The van der Waals surface area contributed by atoms with Crippen LogP contribution in [0.5, 0.6) is 0 Å². The van der Waals surface area contributed by atoms with Gasteiger partial charge in [-0.3, -0.25) is 9.59 Å². The van der Waals surface area contributed by atoms with Gasteiger partial charge in [0.25, 0.3) is 0 Å². The first-order valence-corrected chi connectivity index (χ1v) is 10.2. The quantitative estimate of drug-likeness (QED) is 0.695. The van der Waals surface area contributed by atoms with E-state index in [1.165, 1.54) is 0 Å². The summed E-state index contributed by atoms with van der Waals surface area (Å²) >= 11 is 0. The van der Waals surface area contributed by atoms with E-state index in [0.29, 0.717) is 16.8 Å². The fourth-order valence-electron chi connectivity index (χ4n) is 4.34. The van der Waals surface area contributed by atoms with Gasteiger partial charge in [-0.05, 0) is 56.6 Å². The van der Waals surface area contributed by atoms with Crippen LogP contribution in [-0.2, 0) is 11.3 Å². The van der Waals surface area contributed by atoms with Crippen LogP contribution in [0.15, 0.2) is 53.3 Å². The van der Waals surface area contributed by atoms with Crippen molar-refractivity contribution in [3.63, 3.8) is 0 Å². The van der Waals surface area contributed by atoms with Gasteiger partial charge >= 0.3 is 0 Å². The minimum absolute atomic E-state index is 0.0265. The van der Waals surface area contributed by atoms with Gasteiger partial charge in [-0.25, -0.2) is 0 Å². The number of hydrogen-bond donors (Lipinski definition) is 1. The molecule has 1 N–H and O–H groups in total. The van der Waals surface area contributed by atoms with E-state index >= 15 is 0 Å². The Kier molecular flexibility index (Phi) is 5.44. The molecule has 0 saturated carbocycles. The first-order valence-electron chi connectivity index (χ1n) is 10.2. The lowest BCUT2D eigenvalue weighted by molar-refractivity contribution is -0.134. The first kappa shape index (κ1) is 18.7. The van der Waals surface area contributed by atoms with Crippen LogP contribution >= 0.6 is 0 Å². The van der Waals surface area contributed by atoms with Gasteiger partial charge in [0.15, 0.2) is 5.43 Å². The molecule has 2 aromatic carbocycles. The molecular formula is C23H27N3O2. The third-order valence-electron chi connectivity index (χ3n) is 5.71. The maximum Gasteiger partial charge on any atom is 0.242 e. The molecule has 28 heavy (non-hydrogen) atoms. The Balaban J connectivity index is 1.78. The molecular weight excluding hydrogens is 350 g/mol. The highest BCUT2D eigenvalue weighted by Gasteiger charge is 2.25. The Morgan fingerprint density at radius 3 is 2.18 bits per heavy atom. The summed E-state index contributed by atoms with van der Waals surface area (Å²) in [6.45, 7) is 5.07. The summed E-state index contributed by atoms with van der Waals surface area (Å²) in [5, 5.41) is 4.71. The molecule has 146 valence electrons. The predicted molar refractivity (Wildman–Crippen MR) is 114 cm³/mol. The SMILES string of the molecule is CCCN(C(=O)Cn1c2ccccc2c(=O)c2ccccc21)C1CCNCC1. The van der Waals surface area contributed by atoms with E-state index in [1.54, 1.807) is 0 Å². The molecule has 5 nitrogen and oxygen atoms in total. The number of nitrogens with zero attached hydrogens (tertiary/aromatic N) is 2. The summed E-state index contributed by atoms with van der Waals surface area (Å²) in [6.07, 6.45) is 2.94. The standard InChI is InChI=1S/C23H27N3O2/c1-2-15-25(17-11-13-24-14-12-17)22(27)16-26-20-9-5-3-7-18(20)23(28)19-8-4-6-10-21(19)26/h3-10,17,24H,2,11-16H2,1H3. The van der Waals surface area contributed by atoms with Crippen LogP contribution in [0.2, 0.25) is 0 Å². The molecule has 0 unspecified atom stereocenters. The molecule has 0 radical (unpaired) electrons. The van der Waals surface area contributed by atoms with Crippen molar-refractivity contribution < 1.29 is 4.79 Å². The Morgan fingerprint density at radius 1 is 1.04 bits per heavy atom. The second kappa shape index (κ2) is 8.15. The van der Waals surface area contributed by atoms with Gasteiger partial charge in [0.05, 0.1) is 11.0 Å². The zero-order chi connectivity index (χ0) is 19.5. The van der Waals surface area contributed by atoms with E-state index < -0.39 is 0 Å². The molecule has 0 aliphatic carbocycles. The monoisotopic (exact) mass is 377 g/mol. The van der Waals surface area contributed by atoms with Crippen molar-refractivity contribution in [1.29, 1.82) is 0 Å². The molecule has 0 spiro atoms. The lowest BCUT2D eigenvalue weighted by atomic mass is 10.0. The summed E-state index contributed by atoms with van der Waals surface area (Å²) < 4.78 is 2.01. The normalized spacial score (nSPS) is 15.2. The van der Waals surface area contributed by atoms with E-state index in [2.05, 4.69) is 17.1 Å². The van der Waals surface area contributed by atoms with Crippen molar-refractivity contribution in [1.82, 2.24) is 14.8 Å². The van der Waals surface area contributed by atoms with E-state index in [0.717, 1.165) is 49.9 Å². The van der Waals surface area contributed by atoms with Gasteiger partial charge in [-0.1, -0.05) is 31.2 Å². The molecule has 0 bridgehead atoms. The lowest BCUT2D eigenvalue weighted by Crippen LogP contribution is -2.47. The predicted octanol–water partition coefficient (Wildman–Crippen LogP) is 3.15. The van der Waals surface area contributed by atoms with Crippen molar-refractivity contribution in [2.45, 2.75) is 38.8 Å². The molecule has 1 amide bonds. The van der Waals surface area contributed by atoms with Crippen molar-refractivity contribution in [3.05, 3.63) is 58.8 Å². The molecule has 1 aliphatic rings. The molecule has 2 heterocycles. The number of benzene rings is 2. The van der Waals surface area contributed by atoms with Crippen molar-refractivity contribution >= 4 is 27.7 Å². The van der Waals surface area contributed by atoms with Crippen LogP contribution < -0.4 is 10.7 Å². The zero-order valence-corrected chi connectivity index (χ0v) is 16.4. The van der Waals surface area contributed by atoms with Crippen LogP contribution in [-0.4, -0.2) is 41.1 Å². The van der Waals surface area contributed by atoms with Gasteiger partial charge in [0.1, 0.15) is 6.54 Å². The Morgan fingerprint density at radius 2 is 1.61 bits per heavy atom. The third kappa shape index (κ3) is 3.42. The van der Waals surface area contributed by atoms with Crippen molar-refractivity contribution in [2.24, 2.45) is 0 Å². The number of para-hydroxylation sites is 2. The topological polar surface area (TPSA) is 54.3 Å². The maximum atomic E-state index is 13.4. The zero-order valence-electron chi connectivity index (χ0n) is 16.4. The van der Waals surface area contributed by atoms with Crippen LogP contribution in [0.1, 0.15) is 26.2 Å². The number of fused-ring (bicyclic) bond motifs is 2. The highest BCUT2D eigenvalue weighted by molar-refractivity contribution is 5.94. The smallest absolute Gasteiger partial charge is 0.242 e. The molecule has 0 atom stereocenters. The summed E-state index contributed by atoms with van der Waals surface area (Å²) in [7, 11) is 0. The molecule has 1 aliphatic heterocycles. The molecule has 1 aromatic heterocycles. The largest absolute Gasteiger partial charge is 0.338 e. The maximum absolute atomic E-state index is 13.4. The second-order valence-corrected chi connectivity index (χ2v) is 7.52. The number of pyridine rings is 1. The van der Waals surface area contributed by atoms with Crippen LogP contribution in [0.25, 0.3) is 21.8 Å². The Hall–Kier alpha value is -2.66. The molecule has 1 fully saturated rings. The van der Waals surface area contributed by atoms with Crippen LogP contribution in [0.3, 0.4) is 0 Å². The van der Waals surface area contributed by atoms with E-state index in [9.17, 15) is 9.59 Å². The number of amides is 1. The average molecular weight is 377 g/mol. The Bertz CT molecular complexity index is 991. The van der Waals surface area contributed by atoms with E-state index in [1.807, 2.05) is 53.1 Å². The summed E-state index contributed by atoms with van der Waals surface area (Å²) in [5.41, 5.74) is 1.67. The summed E-state index contributed by atoms with van der Waals surface area (Å²) in [6, 6.07) is 15.5. The number of piperidine rings is 1. The fraction of sp³-hybridized carbons (Fsp3) is 0.391. The van der Waals surface area contributed by atoms with Crippen LogP contribution in [0.4, 0.5) is 0 Å². The molecule has 1 saturated heterocycles. The van der Waals surface area contributed by atoms with Gasteiger partial charge < -0.3 is 14.8 Å². The highest BCUT2D eigenvalue weighted by atomic mass is 16.2. The summed E-state index contributed by atoms with van der Waals surface area (Å²) in [5.74, 6) is 0.132. The highest BCUT2D eigenvalue weighted by Crippen LogP contribution is 2.20. The lowest BCUT2D eigenvalue weighted by Gasteiger charge is -2.35. The van der Waals surface area contributed by atoms with Gasteiger partial charge in [0, 0.05) is 23.4 Å². The number of rotatable bonds is 5. The van der Waals surface area contributed by atoms with Crippen LogP contribution in [0, 0.1) is 0 Å². The third-order valence-corrected chi connectivity index (χ3v) is 5.71. The number of carbonyl (C=O) groups excluding carboxylic acids is 1. The van der Waals surface area contributed by atoms with Crippen molar-refractivity contribution in [3.8, 4) is 0 Å². The van der Waals surface area contributed by atoms with E-state index in [-0.39, 0.29) is 17.9 Å². The number of hydrogen-bond acceptors (Lipinski definition) is 3. The number of carbonyl (C=O) groups is 1. The van der Waals surface area contributed by atoms with Gasteiger partial charge in [-0.2, -0.15) is 0 Å². The van der Waals surface area contributed by atoms with E-state index in [4.69, 9.17) is 0 Å². The Labute approximate surface area is 165 Å². The minimum atomic E-state index is 0.0265. The first-order chi connectivity index (χ1) is 13.7. The average Bonchev–Trinajstić information content (AvgIpc) is 2.75. The minimum Gasteiger partial charge on any atom is -0.338 e. The summed E-state index contributed by atoms with van der Waals surface area (Å²) in [4.78, 5) is 28.3. The second-order valence-electron chi connectivity index (χ2n) is 7.52. The molecule has 5 heteroatoms. The molecule has 4 rings (SSSR count). The number of nitrogens with one attached hydrogen (secondary N) is 1. The van der Waals surface area contributed by atoms with Gasteiger partial charge in [-0.15, -0.1) is 0 Å². The fourth-order valence-corrected chi connectivity index (χ4v) is 4.34. The molecule has 3 aromatic rings. The van der Waals surface area contributed by atoms with Crippen molar-refractivity contribution in [2.75, 3.05) is 19.6 Å². The van der Waals surface area contributed by atoms with Gasteiger partial charge in [0.2, 0.25) is 5.91 Å².